The Morgan fingerprint density at radius 3 is 2.81 bits per heavy atom. The minimum Gasteiger partial charge on any atom is -0.375 e. The van der Waals surface area contributed by atoms with Gasteiger partial charge in [-0.3, -0.25) is 14.4 Å². The third-order valence-corrected chi connectivity index (χ3v) is 5.13. The Balaban J connectivity index is 1.36. The van der Waals surface area contributed by atoms with E-state index >= 15 is 0 Å². The molecule has 0 unspecified atom stereocenters. The first-order chi connectivity index (χ1) is 12.6. The van der Waals surface area contributed by atoms with Gasteiger partial charge in [-0.25, -0.2) is 9.97 Å². The number of carbonyl (C=O) groups excluding carboxylic acids is 1. The summed E-state index contributed by atoms with van der Waals surface area (Å²) in [5, 5.41) is 5.25. The summed E-state index contributed by atoms with van der Waals surface area (Å²) in [5.41, 5.74) is 0.842. The molecule has 2 saturated heterocycles. The molecule has 0 spiro atoms. The standard InChI is InChI=1S/C17H25N7O2/c1-13-10-24(7-8-26-13)15(25)11-22-3-5-23(6-4-22)17-14-9-20-21(2)16(14)18-12-19-17/h9,12-13H,3-8,10-11H2,1-2H3/t13-/m1/s1. The first-order valence-electron chi connectivity index (χ1n) is 9.11. The SMILES string of the molecule is C[C@@H]1CN(C(=O)CN2CCN(c3ncnc4c3cnn4C)CC2)CCO1. The van der Waals surface area contributed by atoms with E-state index in [9.17, 15) is 4.79 Å². The van der Waals surface area contributed by atoms with Crippen LogP contribution in [0.3, 0.4) is 0 Å². The summed E-state index contributed by atoms with van der Waals surface area (Å²) in [6.07, 6.45) is 3.54. The molecule has 1 amide bonds. The van der Waals surface area contributed by atoms with Gasteiger partial charge in [0.1, 0.15) is 12.1 Å². The maximum Gasteiger partial charge on any atom is 0.236 e. The number of aromatic nitrogens is 4. The van der Waals surface area contributed by atoms with E-state index in [0.717, 1.165) is 43.0 Å². The number of nitrogens with zero attached hydrogens (tertiary/aromatic N) is 7. The fraction of sp³-hybridized carbons (Fsp3) is 0.647. The van der Waals surface area contributed by atoms with Crippen molar-refractivity contribution in [2.45, 2.75) is 13.0 Å². The zero-order valence-electron chi connectivity index (χ0n) is 15.3. The van der Waals surface area contributed by atoms with Gasteiger partial charge in [0.15, 0.2) is 5.65 Å². The lowest BCUT2D eigenvalue weighted by molar-refractivity contribution is -0.139. The van der Waals surface area contributed by atoms with Crippen LogP contribution in [0.5, 0.6) is 0 Å². The van der Waals surface area contributed by atoms with E-state index in [1.165, 1.54) is 0 Å². The monoisotopic (exact) mass is 359 g/mol. The van der Waals surface area contributed by atoms with Gasteiger partial charge in [-0.05, 0) is 6.92 Å². The van der Waals surface area contributed by atoms with Crippen LogP contribution in [0.1, 0.15) is 6.92 Å². The Bertz CT molecular complexity index is 785. The van der Waals surface area contributed by atoms with Gasteiger partial charge < -0.3 is 14.5 Å². The molecule has 1 atom stereocenters. The summed E-state index contributed by atoms with van der Waals surface area (Å²) >= 11 is 0. The van der Waals surface area contributed by atoms with E-state index in [-0.39, 0.29) is 12.0 Å². The van der Waals surface area contributed by atoms with Gasteiger partial charge in [0.25, 0.3) is 0 Å². The first-order valence-corrected chi connectivity index (χ1v) is 9.11. The lowest BCUT2D eigenvalue weighted by atomic mass is 10.2. The van der Waals surface area contributed by atoms with E-state index in [1.54, 1.807) is 11.0 Å². The summed E-state index contributed by atoms with van der Waals surface area (Å²) in [6, 6.07) is 0. The summed E-state index contributed by atoms with van der Waals surface area (Å²) in [4.78, 5) is 27.7. The van der Waals surface area contributed by atoms with Gasteiger partial charge in [-0.2, -0.15) is 5.10 Å². The molecule has 2 aromatic rings. The van der Waals surface area contributed by atoms with E-state index in [2.05, 4.69) is 24.9 Å². The molecule has 26 heavy (non-hydrogen) atoms. The number of carbonyl (C=O) groups is 1. The molecule has 0 bridgehead atoms. The Kier molecular flexibility index (Phi) is 4.73. The summed E-state index contributed by atoms with van der Waals surface area (Å²) in [7, 11) is 1.88. The smallest absolute Gasteiger partial charge is 0.236 e. The predicted molar refractivity (Wildman–Crippen MR) is 97.0 cm³/mol. The number of amides is 1. The topological polar surface area (TPSA) is 79.6 Å². The van der Waals surface area contributed by atoms with Crippen LogP contribution in [0, 0.1) is 0 Å². The van der Waals surface area contributed by atoms with Crippen molar-refractivity contribution in [3.63, 3.8) is 0 Å². The number of hydrogen-bond acceptors (Lipinski definition) is 7. The van der Waals surface area contributed by atoms with E-state index in [0.29, 0.717) is 26.2 Å². The van der Waals surface area contributed by atoms with Gasteiger partial charge in [-0.15, -0.1) is 0 Å². The molecule has 0 saturated carbocycles. The van der Waals surface area contributed by atoms with Crippen LogP contribution in [-0.2, 0) is 16.6 Å². The molecule has 0 radical (unpaired) electrons. The molecule has 2 aromatic heterocycles. The lowest BCUT2D eigenvalue weighted by Gasteiger charge is -2.37. The van der Waals surface area contributed by atoms with Gasteiger partial charge in [-0.1, -0.05) is 0 Å². The van der Waals surface area contributed by atoms with E-state index in [4.69, 9.17) is 4.74 Å². The average molecular weight is 359 g/mol. The number of morpholine rings is 1. The third-order valence-electron chi connectivity index (χ3n) is 5.13. The quantitative estimate of drug-likeness (QED) is 0.746. The zero-order chi connectivity index (χ0) is 18.1. The molecule has 0 aliphatic carbocycles. The molecule has 2 fully saturated rings. The van der Waals surface area contributed by atoms with Crippen molar-refractivity contribution >= 4 is 22.8 Å². The second kappa shape index (κ2) is 7.16. The molecule has 2 aliphatic heterocycles. The fourth-order valence-electron chi connectivity index (χ4n) is 3.66. The highest BCUT2D eigenvalue weighted by molar-refractivity contribution is 5.86. The number of ether oxygens (including phenoxy) is 1. The number of fused-ring (bicyclic) bond motifs is 1. The van der Waals surface area contributed by atoms with Gasteiger partial charge in [0, 0.05) is 46.3 Å². The van der Waals surface area contributed by atoms with Crippen molar-refractivity contribution in [3.05, 3.63) is 12.5 Å². The van der Waals surface area contributed by atoms with Crippen LogP contribution in [-0.4, -0.2) is 94.0 Å². The highest BCUT2D eigenvalue weighted by atomic mass is 16.5. The van der Waals surface area contributed by atoms with E-state index < -0.39 is 0 Å². The molecular weight excluding hydrogens is 334 g/mol. The van der Waals surface area contributed by atoms with Crippen LogP contribution in [0.25, 0.3) is 11.0 Å². The van der Waals surface area contributed by atoms with Gasteiger partial charge in [0.2, 0.25) is 5.91 Å². The predicted octanol–water partition coefficient (Wildman–Crippen LogP) is -0.267. The molecule has 9 nitrogen and oxygen atoms in total. The number of hydrogen-bond donors (Lipinski definition) is 0. The normalized spacial score (nSPS) is 22.2. The Hall–Kier alpha value is -2.26. The van der Waals surface area contributed by atoms with Crippen molar-refractivity contribution in [2.24, 2.45) is 7.05 Å². The molecule has 4 heterocycles. The molecule has 0 N–H and O–H groups in total. The van der Waals surface area contributed by atoms with E-state index in [1.807, 2.05) is 25.1 Å². The minimum atomic E-state index is 0.129. The van der Waals surface area contributed by atoms with Crippen LogP contribution >= 0.6 is 0 Å². The van der Waals surface area contributed by atoms with Crippen molar-refractivity contribution in [1.29, 1.82) is 0 Å². The highest BCUT2D eigenvalue weighted by Gasteiger charge is 2.26. The van der Waals surface area contributed by atoms with Crippen LogP contribution < -0.4 is 4.90 Å². The number of rotatable bonds is 3. The maximum absolute atomic E-state index is 12.5. The number of aryl methyl sites for hydroxylation is 1. The van der Waals surface area contributed by atoms with Crippen LogP contribution in [0.4, 0.5) is 5.82 Å². The largest absolute Gasteiger partial charge is 0.375 e. The maximum atomic E-state index is 12.5. The minimum absolute atomic E-state index is 0.129. The second-order valence-corrected chi connectivity index (χ2v) is 6.99. The molecular formula is C17H25N7O2. The summed E-state index contributed by atoms with van der Waals surface area (Å²) < 4.78 is 7.28. The van der Waals surface area contributed by atoms with Crippen LogP contribution in [0.2, 0.25) is 0 Å². The van der Waals surface area contributed by atoms with Crippen molar-refractivity contribution in [3.8, 4) is 0 Å². The first kappa shape index (κ1) is 17.2. The molecule has 9 heteroatoms. The lowest BCUT2D eigenvalue weighted by Crippen LogP contribution is -2.52. The van der Waals surface area contributed by atoms with Crippen LogP contribution in [0.15, 0.2) is 12.5 Å². The molecule has 4 rings (SSSR count). The van der Waals surface area contributed by atoms with Crippen molar-refractivity contribution in [1.82, 2.24) is 29.5 Å². The zero-order valence-corrected chi connectivity index (χ0v) is 15.3. The summed E-state index contributed by atoms with van der Waals surface area (Å²) in [6.45, 7) is 7.89. The van der Waals surface area contributed by atoms with Gasteiger partial charge in [0.05, 0.1) is 30.8 Å². The molecule has 0 aromatic carbocycles. The third kappa shape index (κ3) is 3.36. The summed E-state index contributed by atoms with van der Waals surface area (Å²) in [5.74, 6) is 1.13. The van der Waals surface area contributed by atoms with Crippen molar-refractivity contribution < 1.29 is 9.53 Å². The molecule has 140 valence electrons. The second-order valence-electron chi connectivity index (χ2n) is 6.99. The Morgan fingerprint density at radius 2 is 2.04 bits per heavy atom. The fourth-order valence-corrected chi connectivity index (χ4v) is 3.66. The van der Waals surface area contributed by atoms with Crippen molar-refractivity contribution in [2.75, 3.05) is 57.3 Å². The number of anilines is 1. The highest BCUT2D eigenvalue weighted by Crippen LogP contribution is 2.23. The van der Waals surface area contributed by atoms with Gasteiger partial charge >= 0.3 is 0 Å². The Labute approximate surface area is 152 Å². The number of piperazine rings is 1. The Morgan fingerprint density at radius 1 is 1.23 bits per heavy atom. The average Bonchev–Trinajstić information content (AvgIpc) is 3.04. The molecule has 2 aliphatic rings.